The molecular weight excluding hydrogens is 250 g/mol. The van der Waals surface area contributed by atoms with E-state index < -0.39 is 24.1 Å². The lowest BCUT2D eigenvalue weighted by Crippen LogP contribution is -2.58. The van der Waals surface area contributed by atoms with E-state index in [1.54, 1.807) is 4.90 Å². The largest absolute Gasteiger partial charge is 0.480 e. The van der Waals surface area contributed by atoms with Crippen LogP contribution < -0.4 is 5.32 Å². The van der Waals surface area contributed by atoms with Crippen molar-refractivity contribution in [3.05, 3.63) is 0 Å². The number of hydrogen-bond acceptors (Lipinski definition) is 4. The quantitative estimate of drug-likeness (QED) is 0.645. The molecule has 3 N–H and O–H groups in total. The molecule has 110 valence electrons. The zero-order chi connectivity index (χ0) is 14.6. The van der Waals surface area contributed by atoms with E-state index in [1.165, 1.54) is 6.92 Å². The minimum atomic E-state index is -1.27. The van der Waals surface area contributed by atoms with Crippen LogP contribution >= 0.6 is 0 Å². The fourth-order valence-electron chi connectivity index (χ4n) is 2.18. The molecule has 1 aliphatic heterocycles. The van der Waals surface area contributed by atoms with Crippen LogP contribution in [0.15, 0.2) is 0 Å². The van der Waals surface area contributed by atoms with Crippen LogP contribution in [0.25, 0.3) is 0 Å². The van der Waals surface area contributed by atoms with Crippen LogP contribution in [0.5, 0.6) is 0 Å². The number of aliphatic carboxylic acids is 1. The van der Waals surface area contributed by atoms with Gasteiger partial charge >= 0.3 is 12.0 Å². The Labute approximate surface area is 113 Å². The molecule has 0 aliphatic carbocycles. The zero-order valence-electron chi connectivity index (χ0n) is 11.7. The Morgan fingerprint density at radius 3 is 2.53 bits per heavy atom. The van der Waals surface area contributed by atoms with E-state index in [0.717, 1.165) is 13.0 Å². The van der Waals surface area contributed by atoms with E-state index in [0.29, 0.717) is 13.1 Å². The summed E-state index contributed by atoms with van der Waals surface area (Å²) in [6.45, 7) is 5.30. The number of carboxylic acid groups (broad SMARTS) is 1. The molecule has 0 aromatic rings. The van der Waals surface area contributed by atoms with Gasteiger partial charge in [0.15, 0.2) is 6.04 Å². The molecule has 1 aliphatic rings. The predicted octanol–water partition coefficient (Wildman–Crippen LogP) is -0.444. The number of amides is 2. The number of nitrogens with zero attached hydrogens (tertiary/aromatic N) is 2. The molecule has 2 amide bonds. The predicted molar refractivity (Wildman–Crippen MR) is 69.9 cm³/mol. The molecule has 3 unspecified atom stereocenters. The minimum absolute atomic E-state index is 0.286. The summed E-state index contributed by atoms with van der Waals surface area (Å²) in [4.78, 5) is 26.7. The number of urea groups is 1. The second-order valence-corrected chi connectivity index (χ2v) is 4.99. The highest BCUT2D eigenvalue weighted by molar-refractivity contribution is 5.83. The van der Waals surface area contributed by atoms with Crippen molar-refractivity contribution in [1.82, 2.24) is 15.1 Å². The Balaban J connectivity index is 2.60. The highest BCUT2D eigenvalue weighted by Gasteiger charge is 2.30. The molecule has 0 radical (unpaired) electrons. The number of rotatable bonds is 4. The van der Waals surface area contributed by atoms with Crippen molar-refractivity contribution >= 4 is 12.0 Å². The van der Waals surface area contributed by atoms with Gasteiger partial charge in [0.1, 0.15) is 0 Å². The van der Waals surface area contributed by atoms with E-state index in [1.807, 2.05) is 7.05 Å². The summed E-state index contributed by atoms with van der Waals surface area (Å²) in [5.74, 6) is -1.23. The molecule has 1 heterocycles. The van der Waals surface area contributed by atoms with Gasteiger partial charge in [-0.3, -0.25) is 4.90 Å². The molecule has 0 spiro atoms. The first kappa shape index (κ1) is 15.7. The molecule has 0 aromatic carbocycles. The lowest BCUT2D eigenvalue weighted by Gasteiger charge is -2.39. The van der Waals surface area contributed by atoms with Crippen LogP contribution in [-0.2, 0) is 4.79 Å². The van der Waals surface area contributed by atoms with Gasteiger partial charge in [0.2, 0.25) is 0 Å². The second-order valence-electron chi connectivity index (χ2n) is 4.99. The van der Waals surface area contributed by atoms with Crippen LogP contribution in [-0.4, -0.2) is 76.9 Å². The van der Waals surface area contributed by atoms with E-state index >= 15 is 0 Å². The standard InChI is InChI=1S/C12H23N3O4/c1-4-9-7-15(6-5-14(9)3)12(19)13-10(8(2)16)11(17)18/h8-10,16H,4-7H2,1-3H3,(H,13,19)(H,17,18). The van der Waals surface area contributed by atoms with Crippen molar-refractivity contribution in [2.45, 2.75) is 38.5 Å². The van der Waals surface area contributed by atoms with Gasteiger partial charge in [-0.05, 0) is 20.4 Å². The normalized spacial score (nSPS) is 23.8. The van der Waals surface area contributed by atoms with Crippen molar-refractivity contribution in [2.75, 3.05) is 26.7 Å². The van der Waals surface area contributed by atoms with Crippen molar-refractivity contribution in [2.24, 2.45) is 0 Å². The maximum Gasteiger partial charge on any atom is 0.328 e. The number of likely N-dealkylation sites (N-methyl/N-ethyl adjacent to an activating group) is 1. The molecule has 3 atom stereocenters. The zero-order valence-corrected chi connectivity index (χ0v) is 11.7. The molecule has 0 saturated carbocycles. The van der Waals surface area contributed by atoms with Gasteiger partial charge in [-0.2, -0.15) is 0 Å². The maximum absolute atomic E-state index is 12.0. The van der Waals surface area contributed by atoms with Crippen molar-refractivity contribution in [3.8, 4) is 0 Å². The first-order chi connectivity index (χ1) is 8.86. The van der Waals surface area contributed by atoms with Crippen molar-refractivity contribution in [3.63, 3.8) is 0 Å². The topological polar surface area (TPSA) is 93.1 Å². The minimum Gasteiger partial charge on any atom is -0.480 e. The summed E-state index contributed by atoms with van der Waals surface area (Å²) in [5.41, 5.74) is 0. The van der Waals surface area contributed by atoms with Crippen molar-refractivity contribution in [1.29, 1.82) is 0 Å². The van der Waals surface area contributed by atoms with Crippen LogP contribution in [0, 0.1) is 0 Å². The van der Waals surface area contributed by atoms with Crippen LogP contribution in [0.3, 0.4) is 0 Å². The molecule has 0 aromatic heterocycles. The number of aliphatic hydroxyl groups is 1. The first-order valence-corrected chi connectivity index (χ1v) is 6.53. The summed E-state index contributed by atoms with van der Waals surface area (Å²) >= 11 is 0. The molecule has 7 heteroatoms. The summed E-state index contributed by atoms with van der Waals surface area (Å²) in [6, 6.07) is -1.42. The van der Waals surface area contributed by atoms with Crippen LogP contribution in [0.1, 0.15) is 20.3 Å². The molecule has 1 saturated heterocycles. The van der Waals surface area contributed by atoms with Gasteiger partial charge in [-0.25, -0.2) is 9.59 Å². The molecule has 19 heavy (non-hydrogen) atoms. The molecule has 7 nitrogen and oxygen atoms in total. The number of hydrogen-bond donors (Lipinski definition) is 3. The third-order valence-electron chi connectivity index (χ3n) is 3.56. The van der Waals surface area contributed by atoms with Gasteiger partial charge in [0.25, 0.3) is 0 Å². The van der Waals surface area contributed by atoms with Gasteiger partial charge in [0.05, 0.1) is 6.10 Å². The lowest BCUT2D eigenvalue weighted by atomic mass is 10.1. The summed E-state index contributed by atoms with van der Waals surface area (Å²) < 4.78 is 0. The first-order valence-electron chi connectivity index (χ1n) is 6.53. The number of nitrogens with one attached hydrogen (secondary N) is 1. The monoisotopic (exact) mass is 273 g/mol. The number of carbonyl (C=O) groups excluding carboxylic acids is 1. The Morgan fingerprint density at radius 1 is 1.42 bits per heavy atom. The summed E-state index contributed by atoms with van der Waals surface area (Å²) in [5, 5.41) is 20.6. The summed E-state index contributed by atoms with van der Waals surface area (Å²) in [6.07, 6.45) is -0.199. The van der Waals surface area contributed by atoms with Crippen LogP contribution in [0.2, 0.25) is 0 Å². The van der Waals surface area contributed by atoms with Gasteiger partial charge in [-0.1, -0.05) is 6.92 Å². The van der Waals surface area contributed by atoms with E-state index in [9.17, 15) is 14.7 Å². The van der Waals surface area contributed by atoms with E-state index in [2.05, 4.69) is 17.1 Å². The second kappa shape index (κ2) is 6.72. The number of carbonyl (C=O) groups is 2. The van der Waals surface area contributed by atoms with Crippen LogP contribution in [0.4, 0.5) is 4.79 Å². The van der Waals surface area contributed by atoms with Gasteiger partial charge in [-0.15, -0.1) is 0 Å². The number of piperazine rings is 1. The highest BCUT2D eigenvalue weighted by Crippen LogP contribution is 2.11. The molecule has 1 rings (SSSR count). The van der Waals surface area contributed by atoms with Gasteiger partial charge in [0, 0.05) is 25.7 Å². The Kier molecular flexibility index (Phi) is 5.56. The average Bonchev–Trinajstić information content (AvgIpc) is 2.35. The van der Waals surface area contributed by atoms with E-state index in [-0.39, 0.29) is 6.04 Å². The Morgan fingerprint density at radius 2 is 2.05 bits per heavy atom. The number of aliphatic hydroxyl groups excluding tert-OH is 1. The Bertz CT molecular complexity index is 335. The van der Waals surface area contributed by atoms with E-state index in [4.69, 9.17) is 5.11 Å². The third kappa shape index (κ3) is 4.07. The number of carboxylic acids is 1. The SMILES string of the molecule is CCC1CN(C(=O)NC(C(=O)O)C(C)O)CCN1C. The lowest BCUT2D eigenvalue weighted by molar-refractivity contribution is -0.141. The molecular formula is C12H23N3O4. The highest BCUT2D eigenvalue weighted by atomic mass is 16.4. The third-order valence-corrected chi connectivity index (χ3v) is 3.56. The fourth-order valence-corrected chi connectivity index (χ4v) is 2.18. The van der Waals surface area contributed by atoms with Crippen molar-refractivity contribution < 1.29 is 19.8 Å². The molecule has 0 bridgehead atoms. The summed E-state index contributed by atoms with van der Waals surface area (Å²) in [7, 11) is 2.01. The Hall–Kier alpha value is -1.34. The average molecular weight is 273 g/mol. The smallest absolute Gasteiger partial charge is 0.328 e. The maximum atomic E-state index is 12.0. The fraction of sp³-hybridized carbons (Fsp3) is 0.833. The molecule has 1 fully saturated rings. The van der Waals surface area contributed by atoms with Gasteiger partial charge < -0.3 is 20.4 Å².